The first kappa shape index (κ1) is 9.16. The zero-order valence-electron chi connectivity index (χ0n) is 7.33. The first-order valence-corrected chi connectivity index (χ1v) is 4.12. The summed E-state index contributed by atoms with van der Waals surface area (Å²) in [5.74, 6) is 0. The van der Waals surface area contributed by atoms with Crippen LogP contribution in [0.1, 0.15) is 5.56 Å². The Morgan fingerprint density at radius 1 is 1.67 bits per heavy atom. The molecule has 1 atom stereocenters. The maximum absolute atomic E-state index is 5.83. The average molecular weight is 165 g/mol. The van der Waals surface area contributed by atoms with Crippen LogP contribution < -0.4 is 11.1 Å². The molecule has 0 aromatic carbocycles. The van der Waals surface area contributed by atoms with Gasteiger partial charge >= 0.3 is 0 Å². The molecule has 0 spiro atoms. The summed E-state index contributed by atoms with van der Waals surface area (Å²) >= 11 is 0. The summed E-state index contributed by atoms with van der Waals surface area (Å²) in [4.78, 5) is 4.02. The maximum Gasteiger partial charge on any atom is 0.0300 e. The average Bonchev–Trinajstić information content (AvgIpc) is 2.06. The van der Waals surface area contributed by atoms with Crippen LogP contribution in [-0.4, -0.2) is 24.6 Å². The Morgan fingerprint density at radius 2 is 2.50 bits per heavy atom. The standard InChI is InChI=1S/C9H15N3/c1-11-7-9(10)5-8-3-2-4-12-6-8/h2-4,6,9,11H,5,7,10H2,1H3. The maximum atomic E-state index is 5.83. The molecule has 0 amide bonds. The van der Waals surface area contributed by atoms with Crippen molar-refractivity contribution < 1.29 is 0 Å². The smallest absolute Gasteiger partial charge is 0.0300 e. The van der Waals surface area contributed by atoms with Gasteiger partial charge in [0.05, 0.1) is 0 Å². The molecule has 3 N–H and O–H groups in total. The zero-order valence-corrected chi connectivity index (χ0v) is 7.33. The van der Waals surface area contributed by atoms with E-state index in [9.17, 15) is 0 Å². The van der Waals surface area contributed by atoms with Gasteiger partial charge in [-0.1, -0.05) is 6.07 Å². The Kier molecular flexibility index (Phi) is 3.70. The molecule has 0 saturated carbocycles. The number of nitrogens with zero attached hydrogens (tertiary/aromatic N) is 1. The highest BCUT2D eigenvalue weighted by molar-refractivity contribution is 5.09. The van der Waals surface area contributed by atoms with E-state index in [0.717, 1.165) is 13.0 Å². The molecule has 66 valence electrons. The van der Waals surface area contributed by atoms with Crippen molar-refractivity contribution in [1.82, 2.24) is 10.3 Å². The largest absolute Gasteiger partial charge is 0.326 e. The van der Waals surface area contributed by atoms with E-state index in [2.05, 4.69) is 10.3 Å². The minimum Gasteiger partial charge on any atom is -0.326 e. The lowest BCUT2D eigenvalue weighted by molar-refractivity contribution is 0.615. The highest BCUT2D eigenvalue weighted by Gasteiger charge is 2.01. The van der Waals surface area contributed by atoms with Gasteiger partial charge in [-0.3, -0.25) is 4.98 Å². The molecule has 0 radical (unpaired) electrons. The summed E-state index contributed by atoms with van der Waals surface area (Å²) < 4.78 is 0. The summed E-state index contributed by atoms with van der Waals surface area (Å²) in [7, 11) is 1.91. The predicted molar refractivity (Wildman–Crippen MR) is 49.8 cm³/mol. The summed E-state index contributed by atoms with van der Waals surface area (Å²) in [6.45, 7) is 0.842. The van der Waals surface area contributed by atoms with Crippen molar-refractivity contribution in [2.75, 3.05) is 13.6 Å². The third-order valence-corrected chi connectivity index (χ3v) is 1.69. The molecule has 0 aliphatic heterocycles. The fourth-order valence-electron chi connectivity index (χ4n) is 1.16. The van der Waals surface area contributed by atoms with Crippen molar-refractivity contribution in [3.63, 3.8) is 0 Å². The number of pyridine rings is 1. The van der Waals surface area contributed by atoms with Crippen LogP contribution in [-0.2, 0) is 6.42 Å². The van der Waals surface area contributed by atoms with Crippen molar-refractivity contribution in [3.05, 3.63) is 30.1 Å². The predicted octanol–water partition coefficient (Wildman–Crippen LogP) is 0.171. The van der Waals surface area contributed by atoms with Crippen LogP contribution in [0.2, 0.25) is 0 Å². The van der Waals surface area contributed by atoms with Crippen molar-refractivity contribution in [1.29, 1.82) is 0 Å². The van der Waals surface area contributed by atoms with E-state index < -0.39 is 0 Å². The van der Waals surface area contributed by atoms with E-state index in [-0.39, 0.29) is 6.04 Å². The van der Waals surface area contributed by atoms with Gasteiger partial charge in [0, 0.05) is 25.0 Å². The number of aromatic nitrogens is 1. The van der Waals surface area contributed by atoms with E-state index in [1.165, 1.54) is 5.56 Å². The van der Waals surface area contributed by atoms with Gasteiger partial charge in [0.1, 0.15) is 0 Å². The van der Waals surface area contributed by atoms with Crippen molar-refractivity contribution in [2.45, 2.75) is 12.5 Å². The number of hydrogen-bond donors (Lipinski definition) is 2. The molecule has 1 heterocycles. The lowest BCUT2D eigenvalue weighted by atomic mass is 10.1. The van der Waals surface area contributed by atoms with Crippen LogP contribution in [0.15, 0.2) is 24.5 Å². The minimum absolute atomic E-state index is 0.180. The molecule has 3 heteroatoms. The van der Waals surface area contributed by atoms with Gasteiger partial charge in [-0.05, 0) is 25.1 Å². The molecule has 0 bridgehead atoms. The molecule has 1 aromatic rings. The lowest BCUT2D eigenvalue weighted by Gasteiger charge is -2.09. The second-order valence-electron chi connectivity index (χ2n) is 2.88. The van der Waals surface area contributed by atoms with Crippen LogP contribution >= 0.6 is 0 Å². The van der Waals surface area contributed by atoms with E-state index in [0.29, 0.717) is 0 Å². The first-order chi connectivity index (χ1) is 5.83. The third-order valence-electron chi connectivity index (χ3n) is 1.69. The molecular weight excluding hydrogens is 150 g/mol. The number of likely N-dealkylation sites (N-methyl/N-ethyl adjacent to an activating group) is 1. The number of nitrogens with one attached hydrogen (secondary N) is 1. The second kappa shape index (κ2) is 4.85. The van der Waals surface area contributed by atoms with E-state index in [1.807, 2.05) is 25.4 Å². The molecule has 12 heavy (non-hydrogen) atoms. The molecule has 1 unspecified atom stereocenters. The van der Waals surface area contributed by atoms with Crippen molar-refractivity contribution in [3.8, 4) is 0 Å². The Labute approximate surface area is 73.0 Å². The Bertz CT molecular complexity index is 210. The fourth-order valence-corrected chi connectivity index (χ4v) is 1.16. The summed E-state index contributed by atoms with van der Waals surface area (Å²) in [5.41, 5.74) is 7.02. The Balaban J connectivity index is 2.41. The van der Waals surface area contributed by atoms with E-state index >= 15 is 0 Å². The molecule has 1 aromatic heterocycles. The Hall–Kier alpha value is -0.930. The SMILES string of the molecule is CNCC(N)Cc1cccnc1. The third kappa shape index (κ3) is 2.98. The quantitative estimate of drug-likeness (QED) is 0.668. The van der Waals surface area contributed by atoms with Crippen LogP contribution in [0.5, 0.6) is 0 Å². The van der Waals surface area contributed by atoms with Gasteiger partial charge < -0.3 is 11.1 Å². The first-order valence-electron chi connectivity index (χ1n) is 4.12. The molecular formula is C9H15N3. The van der Waals surface area contributed by atoms with Crippen molar-refractivity contribution >= 4 is 0 Å². The summed E-state index contributed by atoms with van der Waals surface area (Å²) in [5, 5.41) is 3.04. The van der Waals surface area contributed by atoms with Crippen LogP contribution in [0.25, 0.3) is 0 Å². The van der Waals surface area contributed by atoms with Gasteiger partial charge in [-0.25, -0.2) is 0 Å². The van der Waals surface area contributed by atoms with Gasteiger partial charge in [0.25, 0.3) is 0 Å². The van der Waals surface area contributed by atoms with E-state index in [4.69, 9.17) is 5.73 Å². The lowest BCUT2D eigenvalue weighted by Crippen LogP contribution is -2.33. The Morgan fingerprint density at radius 3 is 3.08 bits per heavy atom. The molecule has 0 fully saturated rings. The molecule has 0 aliphatic rings. The van der Waals surface area contributed by atoms with Crippen LogP contribution in [0.4, 0.5) is 0 Å². The van der Waals surface area contributed by atoms with Crippen LogP contribution in [0, 0.1) is 0 Å². The fraction of sp³-hybridized carbons (Fsp3) is 0.444. The van der Waals surface area contributed by atoms with Gasteiger partial charge in [-0.2, -0.15) is 0 Å². The van der Waals surface area contributed by atoms with Gasteiger partial charge in [0.15, 0.2) is 0 Å². The summed E-state index contributed by atoms with van der Waals surface area (Å²) in [6, 6.07) is 4.16. The van der Waals surface area contributed by atoms with Gasteiger partial charge in [-0.15, -0.1) is 0 Å². The van der Waals surface area contributed by atoms with Crippen molar-refractivity contribution in [2.24, 2.45) is 5.73 Å². The molecule has 0 saturated heterocycles. The topological polar surface area (TPSA) is 50.9 Å². The van der Waals surface area contributed by atoms with Gasteiger partial charge in [0.2, 0.25) is 0 Å². The highest BCUT2D eigenvalue weighted by Crippen LogP contribution is 1.98. The number of nitrogens with two attached hydrogens (primary N) is 1. The summed E-state index contributed by atoms with van der Waals surface area (Å²) in [6.07, 6.45) is 4.51. The molecule has 1 rings (SSSR count). The molecule has 3 nitrogen and oxygen atoms in total. The minimum atomic E-state index is 0.180. The second-order valence-corrected chi connectivity index (χ2v) is 2.88. The van der Waals surface area contributed by atoms with Crippen LogP contribution in [0.3, 0.4) is 0 Å². The van der Waals surface area contributed by atoms with E-state index in [1.54, 1.807) is 6.20 Å². The normalized spacial score (nSPS) is 12.8. The molecule has 0 aliphatic carbocycles. The highest BCUT2D eigenvalue weighted by atomic mass is 14.9. The number of hydrogen-bond acceptors (Lipinski definition) is 3. The zero-order chi connectivity index (χ0) is 8.81. The monoisotopic (exact) mass is 165 g/mol. The number of rotatable bonds is 4.